The molecule has 0 aromatic heterocycles. The van der Waals surface area contributed by atoms with Crippen molar-refractivity contribution in [2.24, 2.45) is 5.92 Å². The summed E-state index contributed by atoms with van der Waals surface area (Å²) < 4.78 is 4.76. The zero-order valence-electron chi connectivity index (χ0n) is 13.3. The summed E-state index contributed by atoms with van der Waals surface area (Å²) in [5.74, 6) is 5.51. The van der Waals surface area contributed by atoms with Gasteiger partial charge in [-0.25, -0.2) is 9.59 Å². The highest BCUT2D eigenvalue weighted by atomic mass is 16.6. The Morgan fingerprint density at radius 3 is 2.48 bits per heavy atom. The lowest BCUT2D eigenvalue weighted by atomic mass is 9.94. The number of hydrogen-bond donors (Lipinski definition) is 0. The van der Waals surface area contributed by atoms with Crippen molar-refractivity contribution in [1.29, 1.82) is 0 Å². The molecule has 1 heterocycles. The number of rotatable bonds is 1. The van der Waals surface area contributed by atoms with Crippen LogP contribution in [-0.4, -0.2) is 11.9 Å². The van der Waals surface area contributed by atoms with Crippen molar-refractivity contribution < 1.29 is 14.3 Å². The maximum Gasteiger partial charge on any atom is 0.346 e. The molecule has 1 aliphatic heterocycles. The normalized spacial score (nSPS) is 13.8. The number of benzene rings is 2. The van der Waals surface area contributed by atoms with E-state index in [4.69, 9.17) is 4.74 Å². The van der Waals surface area contributed by atoms with Gasteiger partial charge in [0.05, 0.1) is 11.1 Å². The van der Waals surface area contributed by atoms with Crippen molar-refractivity contribution in [2.45, 2.75) is 20.8 Å². The average molecular weight is 304 g/mol. The molecule has 0 atom stereocenters. The van der Waals surface area contributed by atoms with Crippen LogP contribution in [0.2, 0.25) is 0 Å². The first-order valence-electron chi connectivity index (χ1n) is 7.50. The van der Waals surface area contributed by atoms with Crippen LogP contribution in [0, 0.1) is 17.8 Å². The van der Waals surface area contributed by atoms with Gasteiger partial charge in [0.15, 0.2) is 0 Å². The fraction of sp³-hybridized carbons (Fsp3) is 0.200. The third kappa shape index (κ3) is 2.76. The summed E-state index contributed by atoms with van der Waals surface area (Å²) in [6.07, 6.45) is 2.10. The zero-order valence-corrected chi connectivity index (χ0v) is 13.3. The summed E-state index contributed by atoms with van der Waals surface area (Å²) in [6.45, 7) is 6.18. The van der Waals surface area contributed by atoms with Crippen molar-refractivity contribution >= 4 is 22.7 Å². The predicted octanol–water partition coefficient (Wildman–Crippen LogP) is 4.10. The predicted molar refractivity (Wildman–Crippen MR) is 89.2 cm³/mol. The van der Waals surface area contributed by atoms with E-state index in [2.05, 4.69) is 31.8 Å². The van der Waals surface area contributed by atoms with E-state index in [9.17, 15) is 9.59 Å². The molecule has 0 radical (unpaired) electrons. The Morgan fingerprint density at radius 1 is 1.09 bits per heavy atom. The molecule has 2 aromatic carbocycles. The van der Waals surface area contributed by atoms with E-state index in [1.54, 1.807) is 24.3 Å². The summed E-state index contributed by atoms with van der Waals surface area (Å²) in [7, 11) is 0. The first-order valence-corrected chi connectivity index (χ1v) is 7.50. The van der Waals surface area contributed by atoms with Crippen LogP contribution in [0.25, 0.3) is 10.8 Å². The van der Waals surface area contributed by atoms with Gasteiger partial charge in [0.25, 0.3) is 0 Å². The molecular weight excluding hydrogens is 288 g/mol. The first-order chi connectivity index (χ1) is 11.0. The molecule has 3 heteroatoms. The van der Waals surface area contributed by atoms with Gasteiger partial charge in [-0.2, -0.15) is 0 Å². The molecule has 0 amide bonds. The summed E-state index contributed by atoms with van der Waals surface area (Å²) >= 11 is 0. The maximum absolute atomic E-state index is 11.9. The molecule has 114 valence electrons. The van der Waals surface area contributed by atoms with E-state index in [-0.39, 0.29) is 0 Å². The number of cyclic esters (lactones) is 2. The maximum atomic E-state index is 11.9. The van der Waals surface area contributed by atoms with E-state index < -0.39 is 11.9 Å². The standard InChI is InChI=1S/C20H16O3/c1-12(2)11-13(3)7-8-14-9-10-17-18-15(14)5-4-6-16(18)19(21)23-20(17)22/h4-6,9-12H,1-3H3/b13-11+. The molecule has 0 bridgehead atoms. The number of carbonyl (C=O) groups is 2. The summed E-state index contributed by atoms with van der Waals surface area (Å²) in [5.41, 5.74) is 2.62. The summed E-state index contributed by atoms with van der Waals surface area (Å²) in [5, 5.41) is 1.43. The van der Waals surface area contributed by atoms with Crippen LogP contribution >= 0.6 is 0 Å². The highest BCUT2D eigenvalue weighted by Crippen LogP contribution is 2.30. The van der Waals surface area contributed by atoms with E-state index in [1.165, 1.54) is 0 Å². The number of esters is 2. The lowest BCUT2D eigenvalue weighted by molar-refractivity contribution is 0.0391. The molecule has 1 aliphatic rings. The topological polar surface area (TPSA) is 43.4 Å². The van der Waals surface area contributed by atoms with Gasteiger partial charge in [-0.05, 0) is 42.0 Å². The molecular formula is C20H16O3. The van der Waals surface area contributed by atoms with Gasteiger partial charge in [0.1, 0.15) is 0 Å². The van der Waals surface area contributed by atoms with Crippen LogP contribution in [0.3, 0.4) is 0 Å². The Hall–Kier alpha value is -2.86. The average Bonchev–Trinajstić information content (AvgIpc) is 2.50. The summed E-state index contributed by atoms with van der Waals surface area (Å²) in [4.78, 5) is 23.8. The van der Waals surface area contributed by atoms with Crippen molar-refractivity contribution in [3.8, 4) is 11.8 Å². The van der Waals surface area contributed by atoms with Gasteiger partial charge in [0.2, 0.25) is 0 Å². The molecule has 0 saturated carbocycles. The van der Waals surface area contributed by atoms with Crippen molar-refractivity contribution in [1.82, 2.24) is 0 Å². The lowest BCUT2D eigenvalue weighted by Crippen LogP contribution is -2.19. The van der Waals surface area contributed by atoms with Gasteiger partial charge in [-0.3, -0.25) is 0 Å². The van der Waals surface area contributed by atoms with Crippen LogP contribution in [-0.2, 0) is 4.74 Å². The van der Waals surface area contributed by atoms with E-state index in [1.807, 2.05) is 13.0 Å². The molecule has 2 aromatic rings. The van der Waals surface area contributed by atoms with Crippen molar-refractivity contribution in [2.75, 3.05) is 0 Å². The monoisotopic (exact) mass is 304 g/mol. The minimum Gasteiger partial charge on any atom is -0.386 e. The SMILES string of the molecule is C/C(C#Cc1ccc2c3c(cccc13)C(=O)OC2=O)=C\C(C)C. The number of ether oxygens (including phenoxy) is 1. The number of hydrogen-bond acceptors (Lipinski definition) is 3. The number of carbonyl (C=O) groups excluding carboxylic acids is 2. The third-order valence-electron chi connectivity index (χ3n) is 3.64. The Balaban J connectivity index is 2.20. The molecule has 23 heavy (non-hydrogen) atoms. The second kappa shape index (κ2) is 5.73. The Labute approximate surface area is 135 Å². The molecule has 3 rings (SSSR count). The molecule has 0 spiro atoms. The number of allylic oxidation sites excluding steroid dienone is 2. The first kappa shape index (κ1) is 15.1. The highest BCUT2D eigenvalue weighted by molar-refractivity contribution is 6.21. The van der Waals surface area contributed by atoms with Gasteiger partial charge >= 0.3 is 11.9 Å². The second-order valence-electron chi connectivity index (χ2n) is 5.91. The van der Waals surface area contributed by atoms with Crippen LogP contribution < -0.4 is 0 Å². The molecule has 0 fully saturated rings. The fourth-order valence-corrected chi connectivity index (χ4v) is 2.76. The molecule has 0 unspecified atom stereocenters. The Bertz CT molecular complexity index is 901. The van der Waals surface area contributed by atoms with E-state index >= 15 is 0 Å². The molecule has 3 nitrogen and oxygen atoms in total. The lowest BCUT2D eigenvalue weighted by Gasteiger charge is -2.15. The zero-order chi connectivity index (χ0) is 16.6. The van der Waals surface area contributed by atoms with Crippen LogP contribution in [0.4, 0.5) is 0 Å². The quantitative estimate of drug-likeness (QED) is 0.452. The van der Waals surface area contributed by atoms with Gasteiger partial charge < -0.3 is 4.74 Å². The van der Waals surface area contributed by atoms with Gasteiger partial charge in [-0.15, -0.1) is 0 Å². The van der Waals surface area contributed by atoms with Gasteiger partial charge in [-0.1, -0.05) is 43.9 Å². The Morgan fingerprint density at radius 2 is 1.78 bits per heavy atom. The Kier molecular flexibility index (Phi) is 3.75. The minimum atomic E-state index is -0.603. The van der Waals surface area contributed by atoms with Crippen molar-refractivity contribution in [3.05, 3.63) is 58.7 Å². The second-order valence-corrected chi connectivity index (χ2v) is 5.91. The van der Waals surface area contributed by atoms with Gasteiger partial charge in [0, 0.05) is 10.9 Å². The smallest absolute Gasteiger partial charge is 0.346 e. The molecule has 0 aliphatic carbocycles. The third-order valence-corrected chi connectivity index (χ3v) is 3.64. The highest BCUT2D eigenvalue weighted by Gasteiger charge is 2.27. The van der Waals surface area contributed by atoms with E-state index in [0.717, 1.165) is 16.5 Å². The van der Waals surface area contributed by atoms with E-state index in [0.29, 0.717) is 22.4 Å². The van der Waals surface area contributed by atoms with Crippen LogP contribution in [0.1, 0.15) is 47.1 Å². The van der Waals surface area contributed by atoms with Crippen molar-refractivity contribution in [3.63, 3.8) is 0 Å². The molecule has 0 N–H and O–H groups in total. The molecule has 0 saturated heterocycles. The summed E-state index contributed by atoms with van der Waals surface area (Å²) in [6, 6.07) is 8.79. The fourth-order valence-electron chi connectivity index (χ4n) is 2.76. The minimum absolute atomic E-state index is 0.412. The largest absolute Gasteiger partial charge is 0.386 e. The van der Waals surface area contributed by atoms with Crippen LogP contribution in [0.5, 0.6) is 0 Å². The van der Waals surface area contributed by atoms with Crippen LogP contribution in [0.15, 0.2) is 42.0 Å².